The van der Waals surface area contributed by atoms with Gasteiger partial charge in [-0.25, -0.2) is 13.9 Å². The minimum atomic E-state index is -4.83. The van der Waals surface area contributed by atoms with Crippen molar-refractivity contribution in [1.82, 2.24) is 15.0 Å². The Balaban J connectivity index is 1.65. The summed E-state index contributed by atoms with van der Waals surface area (Å²) in [5, 5.41) is 3.05. The van der Waals surface area contributed by atoms with Crippen LogP contribution in [0.3, 0.4) is 0 Å². The number of ether oxygens (including phenoxy) is 2. The quantitative estimate of drug-likeness (QED) is 0.473. The first-order valence-electron chi connectivity index (χ1n) is 9.30. The molecule has 7 nitrogen and oxygen atoms in total. The number of carbonyl (C=O) groups is 1. The molecule has 2 N–H and O–H groups in total. The van der Waals surface area contributed by atoms with E-state index in [2.05, 4.69) is 19.8 Å². The Morgan fingerprint density at radius 3 is 2.58 bits per heavy atom. The van der Waals surface area contributed by atoms with Crippen LogP contribution in [0.15, 0.2) is 65.7 Å². The zero-order valence-corrected chi connectivity index (χ0v) is 18.6. The van der Waals surface area contributed by atoms with Crippen molar-refractivity contribution in [2.24, 2.45) is 0 Å². The van der Waals surface area contributed by atoms with Crippen LogP contribution in [0.2, 0.25) is 5.02 Å². The second-order valence-corrected chi connectivity index (χ2v) is 8.24. The molecule has 0 spiro atoms. The van der Waals surface area contributed by atoms with Gasteiger partial charge < -0.3 is 14.8 Å². The number of benzene rings is 2. The summed E-state index contributed by atoms with van der Waals surface area (Å²) in [5.74, 6) is -0.845. The van der Waals surface area contributed by atoms with Gasteiger partial charge in [-0.1, -0.05) is 23.7 Å². The SMILES string of the molecule is CNS(=O)c1ccc(CNC(=O)c2ccnc(Oc3cccc(OC(F)(F)F)c3)c2)c(Cl)c1. The Labute approximate surface area is 194 Å². The van der Waals surface area contributed by atoms with Crippen LogP contribution in [-0.2, 0) is 17.5 Å². The maximum atomic E-state index is 12.5. The first-order valence-corrected chi connectivity index (χ1v) is 10.8. The zero-order chi connectivity index (χ0) is 24.0. The highest BCUT2D eigenvalue weighted by Crippen LogP contribution is 2.28. The van der Waals surface area contributed by atoms with Gasteiger partial charge in [0.15, 0.2) is 0 Å². The molecule has 174 valence electrons. The molecule has 1 atom stereocenters. The highest BCUT2D eigenvalue weighted by molar-refractivity contribution is 7.83. The van der Waals surface area contributed by atoms with Crippen molar-refractivity contribution >= 4 is 28.5 Å². The number of rotatable bonds is 8. The van der Waals surface area contributed by atoms with Crippen LogP contribution in [0.25, 0.3) is 0 Å². The third-order valence-corrected chi connectivity index (χ3v) is 5.53. The summed E-state index contributed by atoms with van der Waals surface area (Å²) in [6.07, 6.45) is -3.50. The van der Waals surface area contributed by atoms with Gasteiger partial charge in [-0.3, -0.25) is 4.79 Å². The van der Waals surface area contributed by atoms with Crippen molar-refractivity contribution in [1.29, 1.82) is 0 Å². The molecule has 3 rings (SSSR count). The highest BCUT2D eigenvalue weighted by Gasteiger charge is 2.31. The van der Waals surface area contributed by atoms with Gasteiger partial charge in [0, 0.05) is 35.5 Å². The van der Waals surface area contributed by atoms with E-state index in [0.717, 1.165) is 12.1 Å². The molecule has 1 unspecified atom stereocenters. The molecule has 1 heterocycles. The van der Waals surface area contributed by atoms with Crippen molar-refractivity contribution in [3.63, 3.8) is 0 Å². The van der Waals surface area contributed by atoms with Crippen molar-refractivity contribution < 1.29 is 31.6 Å². The minimum absolute atomic E-state index is 0.00346. The fourth-order valence-corrected chi connectivity index (χ4v) is 3.61. The lowest BCUT2D eigenvalue weighted by Gasteiger charge is -2.11. The van der Waals surface area contributed by atoms with E-state index in [1.165, 1.54) is 30.5 Å². The van der Waals surface area contributed by atoms with Gasteiger partial charge in [0.1, 0.15) is 22.5 Å². The molecular weight excluding hydrogens is 483 g/mol. The summed E-state index contributed by atoms with van der Waals surface area (Å²) < 4.78 is 60.9. The lowest BCUT2D eigenvalue weighted by atomic mass is 10.2. The fraction of sp³-hybridized carbons (Fsp3) is 0.143. The smallest absolute Gasteiger partial charge is 0.439 e. The van der Waals surface area contributed by atoms with E-state index in [1.54, 1.807) is 25.2 Å². The van der Waals surface area contributed by atoms with Crippen LogP contribution >= 0.6 is 11.6 Å². The van der Waals surface area contributed by atoms with E-state index in [9.17, 15) is 22.2 Å². The number of alkyl halides is 3. The van der Waals surface area contributed by atoms with E-state index < -0.39 is 29.0 Å². The van der Waals surface area contributed by atoms with Gasteiger partial charge >= 0.3 is 6.36 Å². The van der Waals surface area contributed by atoms with Gasteiger partial charge in [-0.2, -0.15) is 0 Å². The Hall–Kier alpha value is -3.15. The van der Waals surface area contributed by atoms with Crippen molar-refractivity contribution in [3.05, 3.63) is 76.9 Å². The van der Waals surface area contributed by atoms with Crippen molar-refractivity contribution in [3.8, 4) is 17.4 Å². The molecule has 0 aliphatic heterocycles. The first-order chi connectivity index (χ1) is 15.6. The van der Waals surface area contributed by atoms with E-state index in [1.807, 2.05) is 0 Å². The van der Waals surface area contributed by atoms with E-state index in [-0.39, 0.29) is 23.7 Å². The van der Waals surface area contributed by atoms with Crippen LogP contribution in [0.4, 0.5) is 13.2 Å². The Morgan fingerprint density at radius 1 is 1.12 bits per heavy atom. The molecular formula is C21H17ClF3N3O4S. The van der Waals surface area contributed by atoms with Crippen LogP contribution in [0, 0.1) is 0 Å². The molecule has 0 radical (unpaired) electrons. The van der Waals surface area contributed by atoms with Crippen LogP contribution in [-0.4, -0.2) is 28.5 Å². The number of hydrogen-bond acceptors (Lipinski definition) is 5. The van der Waals surface area contributed by atoms with E-state index >= 15 is 0 Å². The molecule has 0 bridgehead atoms. The maximum absolute atomic E-state index is 12.5. The molecule has 33 heavy (non-hydrogen) atoms. The van der Waals surface area contributed by atoms with Crippen LogP contribution in [0.1, 0.15) is 15.9 Å². The Morgan fingerprint density at radius 2 is 1.88 bits per heavy atom. The number of carbonyl (C=O) groups excluding carboxylic acids is 1. The third kappa shape index (κ3) is 7.17. The standard InChI is InChI=1S/C21H17ClF3N3O4S/c1-26-33(30)17-6-5-14(18(22)11-17)12-28-20(29)13-7-8-27-19(9-13)31-15-3-2-4-16(10-15)32-21(23,24)25/h2-11,26H,12H2,1H3,(H,28,29). The zero-order valence-electron chi connectivity index (χ0n) is 17.0. The van der Waals surface area contributed by atoms with Gasteiger partial charge in [0.25, 0.3) is 5.91 Å². The summed E-state index contributed by atoms with van der Waals surface area (Å²) in [7, 11) is 0.170. The molecule has 3 aromatic rings. The summed E-state index contributed by atoms with van der Waals surface area (Å²) in [6.45, 7) is 0.111. The molecule has 0 saturated heterocycles. The van der Waals surface area contributed by atoms with Crippen LogP contribution in [0.5, 0.6) is 17.4 Å². The predicted molar refractivity (Wildman–Crippen MR) is 116 cm³/mol. The second-order valence-electron chi connectivity index (χ2n) is 6.42. The molecule has 2 aromatic carbocycles. The average Bonchev–Trinajstić information content (AvgIpc) is 2.76. The topological polar surface area (TPSA) is 89.6 Å². The number of aromatic nitrogens is 1. The van der Waals surface area contributed by atoms with Crippen molar-refractivity contribution in [2.75, 3.05) is 7.05 Å². The van der Waals surface area contributed by atoms with Crippen LogP contribution < -0.4 is 19.5 Å². The lowest BCUT2D eigenvalue weighted by Crippen LogP contribution is -2.23. The molecule has 12 heteroatoms. The number of nitrogens with one attached hydrogen (secondary N) is 2. The normalized spacial score (nSPS) is 12.2. The molecule has 0 saturated carbocycles. The van der Waals surface area contributed by atoms with Gasteiger partial charge in [0.05, 0.1) is 4.90 Å². The van der Waals surface area contributed by atoms with Gasteiger partial charge in [-0.05, 0) is 42.9 Å². The summed E-state index contributed by atoms with van der Waals surface area (Å²) in [4.78, 5) is 17.0. The summed E-state index contributed by atoms with van der Waals surface area (Å²) in [6, 6.07) is 12.6. The molecule has 1 aromatic heterocycles. The third-order valence-electron chi connectivity index (χ3n) is 4.12. The number of nitrogens with zero attached hydrogens (tertiary/aromatic N) is 1. The Bertz CT molecular complexity index is 1180. The number of halogens is 4. The summed E-state index contributed by atoms with van der Waals surface area (Å²) >= 11 is 6.20. The fourth-order valence-electron chi connectivity index (χ4n) is 2.64. The largest absolute Gasteiger partial charge is 0.573 e. The Kier molecular flexibility index (Phi) is 7.90. The number of hydrogen-bond donors (Lipinski definition) is 2. The second kappa shape index (κ2) is 10.6. The molecule has 0 aliphatic carbocycles. The van der Waals surface area contributed by atoms with Crippen molar-refractivity contribution in [2.45, 2.75) is 17.8 Å². The minimum Gasteiger partial charge on any atom is -0.439 e. The predicted octanol–water partition coefficient (Wildman–Crippen LogP) is 4.60. The van der Waals surface area contributed by atoms with E-state index in [4.69, 9.17) is 16.3 Å². The van der Waals surface area contributed by atoms with Gasteiger partial charge in [0.2, 0.25) is 5.88 Å². The summed E-state index contributed by atoms with van der Waals surface area (Å²) in [5.41, 5.74) is 0.834. The number of pyridine rings is 1. The molecule has 0 aliphatic rings. The number of amides is 1. The molecule has 0 fully saturated rings. The first kappa shape index (κ1) is 24.5. The lowest BCUT2D eigenvalue weighted by molar-refractivity contribution is -0.274. The monoisotopic (exact) mass is 499 g/mol. The maximum Gasteiger partial charge on any atom is 0.573 e. The van der Waals surface area contributed by atoms with E-state index in [0.29, 0.717) is 15.5 Å². The highest BCUT2D eigenvalue weighted by atomic mass is 35.5. The molecule has 1 amide bonds. The average molecular weight is 500 g/mol. The van der Waals surface area contributed by atoms with Gasteiger partial charge in [-0.15, -0.1) is 13.2 Å².